The van der Waals surface area contributed by atoms with Crippen LogP contribution in [0.1, 0.15) is 24.5 Å². The molecule has 126 valence electrons. The number of thiazole rings is 1. The number of amides is 1. The molecule has 0 aromatic carbocycles. The van der Waals surface area contributed by atoms with Gasteiger partial charge in [0.05, 0.1) is 6.54 Å². The molecule has 8 heteroatoms. The highest BCUT2D eigenvalue weighted by atomic mass is 32.1. The molecule has 2 heterocycles. The van der Waals surface area contributed by atoms with Crippen molar-refractivity contribution in [2.45, 2.75) is 20.4 Å². The molecular weight excluding hydrogens is 324 g/mol. The monoisotopic (exact) mass is 344 g/mol. The maximum atomic E-state index is 10.9. The fourth-order valence-corrected chi connectivity index (χ4v) is 2.85. The first-order valence-corrected chi connectivity index (χ1v) is 8.21. The molecule has 0 unspecified atom stereocenters. The minimum Gasteiger partial charge on any atom is -0.380 e. The summed E-state index contributed by atoms with van der Waals surface area (Å²) in [4.78, 5) is 19.3. The van der Waals surface area contributed by atoms with Crippen molar-refractivity contribution in [1.82, 2.24) is 15.0 Å². The van der Waals surface area contributed by atoms with E-state index in [0.717, 1.165) is 15.6 Å². The molecule has 0 radical (unpaired) electrons. The molecule has 0 aliphatic rings. The number of hydrogen-bond acceptors (Lipinski definition) is 5. The normalized spacial score (nSPS) is 13.9. The van der Waals surface area contributed by atoms with E-state index in [1.807, 2.05) is 24.6 Å². The fraction of sp³-hybridized carbons (Fsp3) is 0.250. The molecular formula is C16H20N6OS. The molecule has 0 saturated heterocycles. The number of rotatable bonds is 5. The number of nitrogens with two attached hydrogens (primary N) is 1. The zero-order valence-corrected chi connectivity index (χ0v) is 14.7. The maximum Gasteiger partial charge on any atom is 0.237 e. The molecule has 7 nitrogen and oxygen atoms in total. The number of nitrogens with zero attached hydrogens (tertiary/aromatic N) is 4. The van der Waals surface area contributed by atoms with Crippen molar-refractivity contribution < 1.29 is 4.79 Å². The summed E-state index contributed by atoms with van der Waals surface area (Å²) < 4.78 is 2.10. The van der Waals surface area contributed by atoms with Crippen molar-refractivity contribution in [2.75, 3.05) is 7.05 Å². The van der Waals surface area contributed by atoms with Crippen LogP contribution in [0.5, 0.6) is 0 Å². The molecule has 2 rings (SSSR count). The summed E-state index contributed by atoms with van der Waals surface area (Å²) in [6.45, 7) is 3.99. The summed E-state index contributed by atoms with van der Waals surface area (Å²) in [5.41, 5.74) is 8.68. The molecule has 0 saturated carbocycles. The first-order valence-electron chi connectivity index (χ1n) is 7.33. The summed E-state index contributed by atoms with van der Waals surface area (Å²) in [5, 5.41) is 8.72. The van der Waals surface area contributed by atoms with E-state index in [1.165, 1.54) is 18.3 Å². The van der Waals surface area contributed by atoms with Crippen molar-refractivity contribution in [2.24, 2.45) is 15.8 Å². The lowest BCUT2D eigenvalue weighted by atomic mass is 10.4. The van der Waals surface area contributed by atoms with E-state index in [4.69, 9.17) is 5.73 Å². The summed E-state index contributed by atoms with van der Waals surface area (Å²) in [6.07, 6.45) is 7.80. The number of carbonyl (C=O) groups is 1. The SMILES string of the molecule is C/C=c1/ccn(Cc2nc(C(N)=NNC(C)=O)cs2)/c1=C/C=NC. The lowest BCUT2D eigenvalue weighted by Gasteiger charge is -2.00. The Bertz CT molecular complexity index is 890. The smallest absolute Gasteiger partial charge is 0.237 e. The molecule has 0 atom stereocenters. The van der Waals surface area contributed by atoms with Gasteiger partial charge in [-0.25, -0.2) is 10.4 Å². The minimum atomic E-state index is -0.276. The first kappa shape index (κ1) is 17.6. The Kier molecular flexibility index (Phi) is 6.02. The highest BCUT2D eigenvalue weighted by Gasteiger charge is 2.07. The second-order valence-corrected chi connectivity index (χ2v) is 5.88. The van der Waals surface area contributed by atoms with Crippen molar-refractivity contribution in [3.63, 3.8) is 0 Å². The maximum absolute atomic E-state index is 10.9. The number of amidine groups is 1. The summed E-state index contributed by atoms with van der Waals surface area (Å²) in [5.74, 6) is -0.0884. The van der Waals surface area contributed by atoms with Gasteiger partial charge < -0.3 is 10.3 Å². The van der Waals surface area contributed by atoms with Gasteiger partial charge in [0.15, 0.2) is 5.84 Å². The van der Waals surface area contributed by atoms with Gasteiger partial charge in [0.2, 0.25) is 5.91 Å². The van der Waals surface area contributed by atoms with Gasteiger partial charge in [-0.1, -0.05) is 6.08 Å². The molecule has 0 bridgehead atoms. The Labute approximate surface area is 143 Å². The third-order valence-electron chi connectivity index (χ3n) is 3.19. The molecule has 0 aliphatic heterocycles. The van der Waals surface area contributed by atoms with Gasteiger partial charge >= 0.3 is 0 Å². The molecule has 3 N–H and O–H groups in total. The fourth-order valence-electron chi connectivity index (χ4n) is 2.06. The average Bonchev–Trinajstić information content (AvgIpc) is 3.18. The zero-order valence-electron chi connectivity index (χ0n) is 13.9. The predicted molar refractivity (Wildman–Crippen MR) is 98.5 cm³/mol. The van der Waals surface area contributed by atoms with Crippen LogP contribution in [0.3, 0.4) is 0 Å². The van der Waals surface area contributed by atoms with Crippen LogP contribution in [0.15, 0.2) is 27.7 Å². The van der Waals surface area contributed by atoms with Crippen molar-refractivity contribution in [3.05, 3.63) is 38.9 Å². The second kappa shape index (κ2) is 8.21. The highest BCUT2D eigenvalue weighted by Crippen LogP contribution is 2.10. The Hall–Kier alpha value is -2.74. The van der Waals surface area contributed by atoms with Gasteiger partial charge in [0.1, 0.15) is 10.7 Å². The number of aromatic nitrogens is 2. The lowest BCUT2D eigenvalue weighted by molar-refractivity contribution is -0.118. The predicted octanol–water partition coefficient (Wildman–Crippen LogP) is 0.0308. The Balaban J connectivity index is 2.26. The van der Waals surface area contributed by atoms with E-state index in [-0.39, 0.29) is 11.7 Å². The molecule has 0 aliphatic carbocycles. The van der Waals surface area contributed by atoms with Crippen LogP contribution in [0.2, 0.25) is 0 Å². The third kappa shape index (κ3) is 4.39. The van der Waals surface area contributed by atoms with E-state index in [2.05, 4.69) is 37.2 Å². The van der Waals surface area contributed by atoms with Gasteiger partial charge in [-0.3, -0.25) is 9.79 Å². The van der Waals surface area contributed by atoms with E-state index in [1.54, 1.807) is 13.3 Å². The van der Waals surface area contributed by atoms with Crippen LogP contribution in [0.4, 0.5) is 0 Å². The van der Waals surface area contributed by atoms with Crippen LogP contribution in [0, 0.1) is 0 Å². The van der Waals surface area contributed by atoms with Crippen molar-refractivity contribution in [1.29, 1.82) is 0 Å². The Morgan fingerprint density at radius 3 is 3.00 bits per heavy atom. The third-order valence-corrected chi connectivity index (χ3v) is 4.02. The molecule has 0 spiro atoms. The van der Waals surface area contributed by atoms with Crippen molar-refractivity contribution >= 4 is 41.4 Å². The summed E-state index contributed by atoms with van der Waals surface area (Å²) in [6, 6.07) is 2.05. The molecule has 1 amide bonds. The van der Waals surface area contributed by atoms with Crippen LogP contribution in [-0.4, -0.2) is 34.6 Å². The topological polar surface area (TPSA) is 97.7 Å². The highest BCUT2D eigenvalue weighted by molar-refractivity contribution is 7.09. The number of aliphatic imine (C=N–C) groups is 1. The van der Waals surface area contributed by atoms with Gasteiger partial charge in [-0.05, 0) is 24.3 Å². The van der Waals surface area contributed by atoms with Crippen LogP contribution < -0.4 is 21.7 Å². The molecule has 2 aromatic heterocycles. The summed E-state index contributed by atoms with van der Waals surface area (Å²) in [7, 11) is 1.74. The van der Waals surface area contributed by atoms with E-state index in [9.17, 15) is 4.79 Å². The number of hydrogen-bond donors (Lipinski definition) is 2. The van der Waals surface area contributed by atoms with Gasteiger partial charge in [0.25, 0.3) is 0 Å². The van der Waals surface area contributed by atoms with Gasteiger partial charge in [-0.2, -0.15) is 5.10 Å². The van der Waals surface area contributed by atoms with E-state index < -0.39 is 0 Å². The zero-order chi connectivity index (χ0) is 17.5. The van der Waals surface area contributed by atoms with E-state index in [0.29, 0.717) is 12.2 Å². The van der Waals surface area contributed by atoms with Crippen LogP contribution >= 0.6 is 11.3 Å². The van der Waals surface area contributed by atoms with Crippen LogP contribution in [0.25, 0.3) is 12.2 Å². The standard InChI is InChI=1S/C16H20N6OS/c1-4-12-6-8-22(14(12)5-7-18-3)9-15-19-13(10-24-15)16(17)21-20-11(2)23/h4-8,10H,9H2,1-3H3,(H2,17,21)(H,20,23)/b12-4-,14-5+,18-7?. The lowest BCUT2D eigenvalue weighted by Crippen LogP contribution is -2.29. The largest absolute Gasteiger partial charge is 0.380 e. The first-order chi connectivity index (χ1) is 11.5. The average molecular weight is 344 g/mol. The molecule has 0 fully saturated rings. The molecule has 24 heavy (non-hydrogen) atoms. The number of hydrazone groups is 1. The second-order valence-electron chi connectivity index (χ2n) is 4.94. The van der Waals surface area contributed by atoms with Crippen molar-refractivity contribution in [3.8, 4) is 0 Å². The Morgan fingerprint density at radius 2 is 2.33 bits per heavy atom. The molecule has 2 aromatic rings. The number of nitrogens with one attached hydrogen (secondary N) is 1. The summed E-state index contributed by atoms with van der Waals surface area (Å²) >= 11 is 1.49. The van der Waals surface area contributed by atoms with Gasteiger partial charge in [-0.15, -0.1) is 11.3 Å². The minimum absolute atomic E-state index is 0.188. The Morgan fingerprint density at radius 1 is 1.54 bits per heavy atom. The quantitative estimate of drug-likeness (QED) is 0.455. The van der Waals surface area contributed by atoms with Crippen LogP contribution in [-0.2, 0) is 11.3 Å². The van der Waals surface area contributed by atoms with Gasteiger partial charge in [0, 0.05) is 37.1 Å². The number of carbonyl (C=O) groups excluding carboxylic acids is 1. The van der Waals surface area contributed by atoms with E-state index >= 15 is 0 Å².